The minimum Gasteiger partial charge on any atom is -0.381 e. The third kappa shape index (κ3) is 1.97. The molecule has 2 N–H and O–H groups in total. The zero-order valence-corrected chi connectivity index (χ0v) is 9.11. The molecular weight excluding hydrogens is 214 g/mol. The van der Waals surface area contributed by atoms with Crippen LogP contribution in [0.3, 0.4) is 0 Å². The van der Waals surface area contributed by atoms with Crippen LogP contribution in [-0.4, -0.2) is 23.3 Å². The van der Waals surface area contributed by atoms with E-state index in [1.807, 2.05) is 22.8 Å². The van der Waals surface area contributed by atoms with Crippen molar-refractivity contribution in [3.63, 3.8) is 0 Å². The van der Waals surface area contributed by atoms with E-state index in [2.05, 4.69) is 4.98 Å². The van der Waals surface area contributed by atoms with Crippen LogP contribution in [0.4, 0.5) is 0 Å². The second kappa shape index (κ2) is 4.18. The molecule has 1 heterocycles. The largest absolute Gasteiger partial charge is 0.381 e. The quantitative estimate of drug-likeness (QED) is 0.867. The summed E-state index contributed by atoms with van der Waals surface area (Å²) >= 11 is 5.86. The molecule has 1 atom stereocenters. The zero-order valence-electron chi connectivity index (χ0n) is 8.35. The van der Waals surface area contributed by atoms with Crippen molar-refractivity contribution in [2.75, 3.05) is 13.7 Å². The molecule has 2 aromatic rings. The second-order valence-corrected chi connectivity index (χ2v) is 3.74. The summed E-state index contributed by atoms with van der Waals surface area (Å²) in [4.78, 5) is 4.23. The van der Waals surface area contributed by atoms with E-state index in [9.17, 15) is 0 Å². The van der Waals surface area contributed by atoms with Gasteiger partial charge in [-0.2, -0.15) is 0 Å². The standard InChI is InChI=1S/C10H12ClN3O/c1-15-5-10(12)14-6-13-8-4-7(11)2-3-9(8)14/h2-4,6,10H,5,12H2,1H3/t10-/m1/s1. The third-order valence-corrected chi connectivity index (χ3v) is 2.47. The van der Waals surface area contributed by atoms with E-state index in [-0.39, 0.29) is 6.17 Å². The van der Waals surface area contributed by atoms with Gasteiger partial charge in [0.05, 0.1) is 24.0 Å². The number of nitrogens with two attached hydrogens (primary N) is 1. The van der Waals surface area contributed by atoms with E-state index in [0.717, 1.165) is 11.0 Å². The van der Waals surface area contributed by atoms with Crippen molar-refractivity contribution < 1.29 is 4.74 Å². The van der Waals surface area contributed by atoms with Gasteiger partial charge < -0.3 is 15.0 Å². The van der Waals surface area contributed by atoms with Crippen molar-refractivity contribution in [1.29, 1.82) is 0 Å². The molecule has 0 spiro atoms. The molecule has 1 aromatic heterocycles. The molecule has 0 unspecified atom stereocenters. The lowest BCUT2D eigenvalue weighted by Crippen LogP contribution is -2.22. The van der Waals surface area contributed by atoms with Gasteiger partial charge >= 0.3 is 0 Å². The molecule has 0 radical (unpaired) electrons. The van der Waals surface area contributed by atoms with Gasteiger partial charge in [0.2, 0.25) is 0 Å². The Labute approximate surface area is 92.6 Å². The first-order chi connectivity index (χ1) is 7.22. The summed E-state index contributed by atoms with van der Waals surface area (Å²) in [6, 6.07) is 5.54. The normalized spacial score (nSPS) is 13.3. The van der Waals surface area contributed by atoms with Crippen LogP contribution in [0.25, 0.3) is 11.0 Å². The van der Waals surface area contributed by atoms with Crippen LogP contribution in [0.15, 0.2) is 24.5 Å². The Hall–Kier alpha value is -1.10. The maximum Gasteiger partial charge on any atom is 0.107 e. The fraction of sp³-hybridized carbons (Fsp3) is 0.300. The summed E-state index contributed by atoms with van der Waals surface area (Å²) in [6.07, 6.45) is 1.48. The molecule has 0 saturated heterocycles. The highest BCUT2D eigenvalue weighted by Crippen LogP contribution is 2.19. The number of benzene rings is 1. The predicted molar refractivity (Wildman–Crippen MR) is 59.8 cm³/mol. The summed E-state index contributed by atoms with van der Waals surface area (Å²) in [6.45, 7) is 0.452. The molecule has 0 aliphatic rings. The first-order valence-electron chi connectivity index (χ1n) is 4.59. The SMILES string of the molecule is COC[C@H](N)n1cnc2cc(Cl)ccc21. The molecule has 80 valence electrons. The van der Waals surface area contributed by atoms with Crippen LogP contribution in [0.1, 0.15) is 6.17 Å². The van der Waals surface area contributed by atoms with E-state index in [4.69, 9.17) is 22.1 Å². The molecule has 15 heavy (non-hydrogen) atoms. The molecule has 4 nitrogen and oxygen atoms in total. The smallest absolute Gasteiger partial charge is 0.107 e. The number of methoxy groups -OCH3 is 1. The first kappa shape index (κ1) is 10.4. The van der Waals surface area contributed by atoms with Gasteiger partial charge in [-0.25, -0.2) is 4.98 Å². The second-order valence-electron chi connectivity index (χ2n) is 3.31. The summed E-state index contributed by atoms with van der Waals surface area (Å²) in [5.74, 6) is 0. The fourth-order valence-corrected chi connectivity index (χ4v) is 1.69. The van der Waals surface area contributed by atoms with Gasteiger partial charge in [0.1, 0.15) is 6.17 Å². The highest BCUT2D eigenvalue weighted by atomic mass is 35.5. The van der Waals surface area contributed by atoms with E-state index in [1.165, 1.54) is 0 Å². The van der Waals surface area contributed by atoms with Gasteiger partial charge in [-0.3, -0.25) is 0 Å². The van der Waals surface area contributed by atoms with Gasteiger partial charge in [-0.15, -0.1) is 0 Å². The number of halogens is 1. The van der Waals surface area contributed by atoms with Crippen LogP contribution in [0.2, 0.25) is 5.02 Å². The van der Waals surface area contributed by atoms with E-state index < -0.39 is 0 Å². The Morgan fingerprint density at radius 1 is 1.60 bits per heavy atom. The van der Waals surface area contributed by atoms with E-state index >= 15 is 0 Å². The topological polar surface area (TPSA) is 53.1 Å². The Morgan fingerprint density at radius 2 is 2.40 bits per heavy atom. The average Bonchev–Trinajstić information content (AvgIpc) is 2.60. The Bertz CT molecular complexity index is 469. The lowest BCUT2D eigenvalue weighted by Gasteiger charge is -2.12. The monoisotopic (exact) mass is 225 g/mol. The van der Waals surface area contributed by atoms with Gasteiger partial charge in [0, 0.05) is 12.1 Å². The number of hydrogen-bond acceptors (Lipinski definition) is 3. The predicted octanol–water partition coefficient (Wildman–Crippen LogP) is 1.79. The number of hydrogen-bond donors (Lipinski definition) is 1. The fourth-order valence-electron chi connectivity index (χ4n) is 1.52. The number of imidazole rings is 1. The van der Waals surface area contributed by atoms with Crippen LogP contribution in [0.5, 0.6) is 0 Å². The average molecular weight is 226 g/mol. The van der Waals surface area contributed by atoms with Crippen LogP contribution >= 0.6 is 11.6 Å². The summed E-state index contributed by atoms with van der Waals surface area (Å²) < 4.78 is 6.87. The number of nitrogens with zero attached hydrogens (tertiary/aromatic N) is 2. The summed E-state index contributed by atoms with van der Waals surface area (Å²) in [5.41, 5.74) is 7.72. The molecule has 0 saturated carbocycles. The maximum atomic E-state index is 5.92. The van der Waals surface area contributed by atoms with Crippen molar-refractivity contribution in [2.45, 2.75) is 6.17 Å². The molecule has 5 heteroatoms. The molecule has 0 amide bonds. The highest BCUT2D eigenvalue weighted by molar-refractivity contribution is 6.31. The number of ether oxygens (including phenoxy) is 1. The molecule has 0 bridgehead atoms. The van der Waals surface area contributed by atoms with Crippen molar-refractivity contribution in [1.82, 2.24) is 9.55 Å². The number of aromatic nitrogens is 2. The number of rotatable bonds is 3. The van der Waals surface area contributed by atoms with Crippen molar-refractivity contribution in [3.8, 4) is 0 Å². The lowest BCUT2D eigenvalue weighted by atomic mass is 10.3. The van der Waals surface area contributed by atoms with E-state index in [0.29, 0.717) is 11.6 Å². The van der Waals surface area contributed by atoms with Crippen LogP contribution in [-0.2, 0) is 4.74 Å². The maximum absolute atomic E-state index is 5.92. The molecule has 0 aliphatic heterocycles. The molecule has 2 rings (SSSR count). The molecule has 1 aromatic carbocycles. The Morgan fingerprint density at radius 3 is 3.13 bits per heavy atom. The summed E-state index contributed by atoms with van der Waals surface area (Å²) in [7, 11) is 1.62. The van der Waals surface area contributed by atoms with Gasteiger partial charge in [-0.05, 0) is 18.2 Å². The van der Waals surface area contributed by atoms with Gasteiger partial charge in [0.25, 0.3) is 0 Å². The minimum absolute atomic E-state index is 0.221. The number of fused-ring (bicyclic) bond motifs is 1. The van der Waals surface area contributed by atoms with E-state index in [1.54, 1.807) is 13.4 Å². The molecular formula is C10H12ClN3O. The van der Waals surface area contributed by atoms with Crippen LogP contribution < -0.4 is 5.73 Å². The minimum atomic E-state index is -0.221. The van der Waals surface area contributed by atoms with Crippen molar-refractivity contribution in [2.24, 2.45) is 5.73 Å². The highest BCUT2D eigenvalue weighted by Gasteiger charge is 2.09. The van der Waals surface area contributed by atoms with Crippen molar-refractivity contribution in [3.05, 3.63) is 29.5 Å². The molecule has 0 fully saturated rings. The Kier molecular flexibility index (Phi) is 2.90. The zero-order chi connectivity index (χ0) is 10.8. The Balaban J connectivity index is 2.44. The third-order valence-electron chi connectivity index (χ3n) is 2.23. The van der Waals surface area contributed by atoms with Crippen LogP contribution in [0, 0.1) is 0 Å². The van der Waals surface area contributed by atoms with Crippen molar-refractivity contribution >= 4 is 22.6 Å². The van der Waals surface area contributed by atoms with Gasteiger partial charge in [0.15, 0.2) is 0 Å². The van der Waals surface area contributed by atoms with Gasteiger partial charge in [-0.1, -0.05) is 11.6 Å². The lowest BCUT2D eigenvalue weighted by molar-refractivity contribution is 0.159. The first-order valence-corrected chi connectivity index (χ1v) is 4.97. The summed E-state index contributed by atoms with van der Waals surface area (Å²) in [5, 5.41) is 0.674. The molecule has 0 aliphatic carbocycles.